The van der Waals surface area contributed by atoms with Crippen molar-refractivity contribution in [2.45, 2.75) is 44.9 Å². The molecule has 2 aliphatic rings. The van der Waals surface area contributed by atoms with Crippen molar-refractivity contribution in [1.82, 2.24) is 5.32 Å². The minimum atomic E-state index is 0.557. The van der Waals surface area contributed by atoms with Gasteiger partial charge in [-0.25, -0.2) is 0 Å². The Balaban J connectivity index is 2.11. The van der Waals surface area contributed by atoms with Gasteiger partial charge < -0.3 is 19.7 Å². The Morgan fingerprint density at radius 1 is 1.38 bits per heavy atom. The first kappa shape index (κ1) is 19.2. The average Bonchev–Trinajstić information content (AvgIpc) is 2.91. The molecule has 3 rings (SSSR count). The highest BCUT2D eigenvalue weighted by Crippen LogP contribution is 2.45. The van der Waals surface area contributed by atoms with E-state index in [9.17, 15) is 0 Å². The number of hydrogen-bond acceptors (Lipinski definition) is 4. The van der Waals surface area contributed by atoms with Gasteiger partial charge in [-0.15, -0.1) is 6.58 Å². The number of rotatable bonds is 8. The van der Waals surface area contributed by atoms with Gasteiger partial charge in [0.15, 0.2) is 0 Å². The van der Waals surface area contributed by atoms with Gasteiger partial charge in [0.25, 0.3) is 0 Å². The second-order valence-corrected chi connectivity index (χ2v) is 7.32. The van der Waals surface area contributed by atoms with E-state index >= 15 is 0 Å². The van der Waals surface area contributed by atoms with Gasteiger partial charge in [-0.05, 0) is 73.9 Å². The third kappa shape index (κ3) is 4.07. The van der Waals surface area contributed by atoms with E-state index in [2.05, 4.69) is 35.9 Å². The third-order valence-corrected chi connectivity index (χ3v) is 5.75. The van der Waals surface area contributed by atoms with Crippen molar-refractivity contribution in [3.8, 4) is 5.75 Å². The predicted molar refractivity (Wildman–Crippen MR) is 109 cm³/mol. The lowest BCUT2D eigenvalue weighted by molar-refractivity contribution is 0.201. The number of fused-ring (bicyclic) bond motifs is 2. The molecular formula is C22H34N2O2. The molecule has 1 aromatic rings. The van der Waals surface area contributed by atoms with Crippen LogP contribution in [0.2, 0.25) is 0 Å². The molecule has 4 heteroatoms. The Hall–Kier alpha value is -1.52. The summed E-state index contributed by atoms with van der Waals surface area (Å²) < 4.78 is 11.5. The zero-order valence-corrected chi connectivity index (χ0v) is 16.5. The van der Waals surface area contributed by atoms with Crippen molar-refractivity contribution < 1.29 is 9.47 Å². The van der Waals surface area contributed by atoms with Crippen LogP contribution in [0.15, 0.2) is 18.7 Å². The molecule has 1 atom stereocenters. The fourth-order valence-electron chi connectivity index (χ4n) is 4.39. The zero-order valence-electron chi connectivity index (χ0n) is 16.5. The fourth-order valence-corrected chi connectivity index (χ4v) is 4.39. The fraction of sp³-hybridized carbons (Fsp3) is 0.636. The number of hydrogen-bond donors (Lipinski definition) is 1. The van der Waals surface area contributed by atoms with Crippen LogP contribution in [0.25, 0.3) is 0 Å². The molecular weight excluding hydrogens is 324 g/mol. The minimum absolute atomic E-state index is 0.557. The van der Waals surface area contributed by atoms with Crippen molar-refractivity contribution >= 4 is 5.69 Å². The van der Waals surface area contributed by atoms with Crippen molar-refractivity contribution in [2.75, 3.05) is 51.4 Å². The summed E-state index contributed by atoms with van der Waals surface area (Å²) in [6.07, 6.45) is 7.64. The highest BCUT2D eigenvalue weighted by molar-refractivity contribution is 5.70. The van der Waals surface area contributed by atoms with Crippen LogP contribution in [-0.4, -0.2) is 46.5 Å². The molecule has 26 heavy (non-hydrogen) atoms. The molecule has 1 unspecified atom stereocenters. The molecule has 2 aliphatic heterocycles. The molecule has 0 spiro atoms. The van der Waals surface area contributed by atoms with E-state index in [1.807, 2.05) is 0 Å². The SMILES string of the molecule is C=CCCC(CC)c1c2c(cc3c1N(CCOC)CCO3)CCNCC2. The van der Waals surface area contributed by atoms with Gasteiger partial charge in [-0.2, -0.15) is 0 Å². The topological polar surface area (TPSA) is 33.7 Å². The van der Waals surface area contributed by atoms with E-state index in [4.69, 9.17) is 9.47 Å². The normalized spacial score (nSPS) is 17.7. The summed E-state index contributed by atoms with van der Waals surface area (Å²) >= 11 is 0. The van der Waals surface area contributed by atoms with E-state index in [0.717, 1.165) is 77.2 Å². The molecule has 0 radical (unpaired) electrons. The molecule has 1 N–H and O–H groups in total. The Kier molecular flexibility index (Phi) is 6.98. The maximum Gasteiger partial charge on any atom is 0.143 e. The molecule has 2 heterocycles. The lowest BCUT2D eigenvalue weighted by atomic mass is 9.82. The lowest BCUT2D eigenvalue weighted by Crippen LogP contribution is -2.36. The minimum Gasteiger partial charge on any atom is -0.490 e. The smallest absolute Gasteiger partial charge is 0.143 e. The average molecular weight is 359 g/mol. The molecule has 0 aliphatic carbocycles. The molecule has 0 aromatic heterocycles. The summed E-state index contributed by atoms with van der Waals surface area (Å²) in [4.78, 5) is 2.49. The van der Waals surface area contributed by atoms with E-state index in [-0.39, 0.29) is 0 Å². The van der Waals surface area contributed by atoms with Crippen LogP contribution in [-0.2, 0) is 17.6 Å². The molecule has 0 saturated heterocycles. The Labute approximate surface area is 158 Å². The first-order valence-electron chi connectivity index (χ1n) is 10.2. The molecule has 0 fully saturated rings. The van der Waals surface area contributed by atoms with Crippen molar-refractivity contribution in [3.63, 3.8) is 0 Å². The Morgan fingerprint density at radius 2 is 2.23 bits per heavy atom. The number of nitrogens with one attached hydrogen (secondary N) is 1. The van der Waals surface area contributed by atoms with Crippen molar-refractivity contribution in [1.29, 1.82) is 0 Å². The number of methoxy groups -OCH3 is 1. The van der Waals surface area contributed by atoms with Gasteiger partial charge in [0, 0.05) is 13.7 Å². The highest BCUT2D eigenvalue weighted by Gasteiger charge is 2.29. The van der Waals surface area contributed by atoms with Crippen LogP contribution in [0, 0.1) is 0 Å². The summed E-state index contributed by atoms with van der Waals surface area (Å²) in [5.74, 6) is 1.64. The molecule has 4 nitrogen and oxygen atoms in total. The maximum absolute atomic E-state index is 6.16. The second-order valence-electron chi connectivity index (χ2n) is 7.32. The van der Waals surface area contributed by atoms with Crippen LogP contribution in [0.5, 0.6) is 5.75 Å². The molecule has 0 bridgehead atoms. The summed E-state index contributed by atoms with van der Waals surface area (Å²) in [7, 11) is 1.78. The van der Waals surface area contributed by atoms with Crippen LogP contribution in [0.3, 0.4) is 0 Å². The summed E-state index contributed by atoms with van der Waals surface area (Å²) in [5.41, 5.74) is 5.93. The second kappa shape index (κ2) is 9.43. The van der Waals surface area contributed by atoms with E-state index in [1.165, 1.54) is 11.3 Å². The van der Waals surface area contributed by atoms with E-state index in [0.29, 0.717) is 5.92 Å². The van der Waals surface area contributed by atoms with Gasteiger partial charge in [-0.1, -0.05) is 13.0 Å². The highest BCUT2D eigenvalue weighted by atomic mass is 16.5. The largest absolute Gasteiger partial charge is 0.490 e. The van der Waals surface area contributed by atoms with Crippen molar-refractivity contribution in [2.24, 2.45) is 0 Å². The number of allylic oxidation sites excluding steroid dienone is 1. The standard InChI is InChI=1S/C22H34N2O2/c1-4-6-7-17(5-2)21-19-9-11-23-10-8-18(19)16-20-22(21)24(12-14-25-3)13-15-26-20/h4,16-17,23H,1,5-15H2,2-3H3. The number of nitrogens with zero attached hydrogens (tertiary/aromatic N) is 1. The van der Waals surface area contributed by atoms with Gasteiger partial charge >= 0.3 is 0 Å². The molecule has 0 amide bonds. The van der Waals surface area contributed by atoms with Gasteiger partial charge in [-0.3, -0.25) is 0 Å². The predicted octanol–water partition coefficient (Wildman–Crippen LogP) is 3.68. The quantitative estimate of drug-likeness (QED) is 0.719. The number of benzene rings is 1. The summed E-state index contributed by atoms with van der Waals surface area (Å²) in [5, 5.41) is 3.57. The molecule has 144 valence electrons. The first-order chi connectivity index (χ1) is 12.8. The first-order valence-corrected chi connectivity index (χ1v) is 10.2. The van der Waals surface area contributed by atoms with Crippen LogP contribution in [0.4, 0.5) is 5.69 Å². The number of ether oxygens (including phenoxy) is 2. The van der Waals surface area contributed by atoms with Gasteiger partial charge in [0.05, 0.1) is 18.8 Å². The maximum atomic E-state index is 6.16. The summed E-state index contributed by atoms with van der Waals surface area (Å²) in [6.45, 7) is 11.8. The Morgan fingerprint density at radius 3 is 3.00 bits per heavy atom. The van der Waals surface area contributed by atoms with Crippen LogP contribution in [0.1, 0.15) is 48.8 Å². The van der Waals surface area contributed by atoms with Crippen molar-refractivity contribution in [3.05, 3.63) is 35.4 Å². The summed E-state index contributed by atoms with van der Waals surface area (Å²) in [6, 6.07) is 2.32. The van der Waals surface area contributed by atoms with E-state index in [1.54, 1.807) is 18.2 Å². The Bertz CT molecular complexity index is 615. The van der Waals surface area contributed by atoms with Crippen LogP contribution < -0.4 is 15.0 Å². The van der Waals surface area contributed by atoms with Crippen LogP contribution >= 0.6 is 0 Å². The number of anilines is 1. The van der Waals surface area contributed by atoms with Gasteiger partial charge in [0.1, 0.15) is 12.4 Å². The zero-order chi connectivity index (χ0) is 18.4. The molecule has 0 saturated carbocycles. The molecule has 1 aromatic carbocycles. The monoisotopic (exact) mass is 358 g/mol. The third-order valence-electron chi connectivity index (χ3n) is 5.75. The lowest BCUT2D eigenvalue weighted by Gasteiger charge is -2.37. The van der Waals surface area contributed by atoms with E-state index < -0.39 is 0 Å². The van der Waals surface area contributed by atoms with Gasteiger partial charge in [0.2, 0.25) is 0 Å².